The van der Waals surface area contributed by atoms with Crippen molar-refractivity contribution in [3.05, 3.63) is 27.1 Å². The third-order valence-electron chi connectivity index (χ3n) is 3.55. The highest BCUT2D eigenvalue weighted by Gasteiger charge is 2.22. The van der Waals surface area contributed by atoms with Gasteiger partial charge in [0.1, 0.15) is 15.6 Å². The minimum atomic E-state index is -0.642. The molecule has 0 aliphatic carbocycles. The fourth-order valence-electron chi connectivity index (χ4n) is 2.23. The number of amides is 1. The van der Waals surface area contributed by atoms with E-state index in [0.29, 0.717) is 33.9 Å². The number of hydrogen-bond acceptors (Lipinski definition) is 5. The molecule has 0 atom stereocenters. The van der Waals surface area contributed by atoms with Crippen molar-refractivity contribution in [1.82, 2.24) is 4.90 Å². The van der Waals surface area contributed by atoms with Crippen molar-refractivity contribution in [2.24, 2.45) is 0 Å². The standard InChI is InChI=1S/C16H17Cl2NO4S/c1-4-19(5-2)11(20)8-23-16(21)15-12(17)9-6-7-10(22-3)13(18)14(9)24-15/h6-7H,4-5,8H2,1-3H3. The summed E-state index contributed by atoms with van der Waals surface area (Å²) in [6, 6.07) is 3.42. The first kappa shape index (κ1) is 18.8. The van der Waals surface area contributed by atoms with Crippen molar-refractivity contribution in [2.45, 2.75) is 13.8 Å². The first-order valence-corrected chi connectivity index (χ1v) is 8.91. The number of rotatable bonds is 6. The molecule has 0 aliphatic heterocycles. The number of ether oxygens (including phenoxy) is 2. The Morgan fingerprint density at radius 3 is 2.42 bits per heavy atom. The molecule has 1 amide bonds. The Labute approximate surface area is 154 Å². The number of benzene rings is 1. The maximum absolute atomic E-state index is 12.3. The third kappa shape index (κ3) is 3.61. The van der Waals surface area contributed by atoms with Crippen LogP contribution in [-0.2, 0) is 9.53 Å². The summed E-state index contributed by atoms with van der Waals surface area (Å²) >= 11 is 13.6. The number of halogens is 2. The molecule has 1 aromatic carbocycles. The molecule has 0 bridgehead atoms. The van der Waals surface area contributed by atoms with E-state index in [0.717, 1.165) is 11.3 Å². The molecule has 0 N–H and O–H groups in total. The predicted molar refractivity (Wildman–Crippen MR) is 96.6 cm³/mol. The largest absolute Gasteiger partial charge is 0.495 e. The minimum absolute atomic E-state index is 0.217. The first-order valence-electron chi connectivity index (χ1n) is 7.33. The number of nitrogens with zero attached hydrogens (tertiary/aromatic N) is 1. The van der Waals surface area contributed by atoms with Crippen molar-refractivity contribution in [3.63, 3.8) is 0 Å². The Hall–Kier alpha value is -1.50. The van der Waals surface area contributed by atoms with Crippen LogP contribution in [0, 0.1) is 0 Å². The molecular weight excluding hydrogens is 373 g/mol. The summed E-state index contributed by atoms with van der Waals surface area (Å²) in [6.45, 7) is 4.53. The van der Waals surface area contributed by atoms with Gasteiger partial charge in [0.15, 0.2) is 6.61 Å². The number of methoxy groups -OCH3 is 1. The van der Waals surface area contributed by atoms with Gasteiger partial charge < -0.3 is 14.4 Å². The Balaban J connectivity index is 2.23. The number of hydrogen-bond donors (Lipinski definition) is 0. The van der Waals surface area contributed by atoms with Gasteiger partial charge in [0.2, 0.25) is 0 Å². The maximum atomic E-state index is 12.3. The zero-order chi connectivity index (χ0) is 17.9. The van der Waals surface area contributed by atoms with Crippen LogP contribution in [0.1, 0.15) is 23.5 Å². The van der Waals surface area contributed by atoms with E-state index in [1.165, 1.54) is 7.11 Å². The summed E-state index contributed by atoms with van der Waals surface area (Å²) in [5.74, 6) is -0.388. The van der Waals surface area contributed by atoms with E-state index in [-0.39, 0.29) is 22.4 Å². The van der Waals surface area contributed by atoms with Gasteiger partial charge in [0, 0.05) is 18.5 Å². The Morgan fingerprint density at radius 1 is 1.17 bits per heavy atom. The average Bonchev–Trinajstić information content (AvgIpc) is 2.92. The lowest BCUT2D eigenvalue weighted by atomic mass is 10.2. The van der Waals surface area contributed by atoms with E-state index >= 15 is 0 Å². The van der Waals surface area contributed by atoms with Gasteiger partial charge in [-0.2, -0.15) is 0 Å². The Kier molecular flexibility index (Phi) is 6.32. The number of fused-ring (bicyclic) bond motifs is 1. The topological polar surface area (TPSA) is 55.8 Å². The van der Waals surface area contributed by atoms with Gasteiger partial charge in [-0.25, -0.2) is 4.79 Å². The highest BCUT2D eigenvalue weighted by molar-refractivity contribution is 7.22. The van der Waals surface area contributed by atoms with Gasteiger partial charge in [-0.15, -0.1) is 11.3 Å². The highest BCUT2D eigenvalue weighted by atomic mass is 35.5. The van der Waals surface area contributed by atoms with Crippen LogP contribution in [0.15, 0.2) is 12.1 Å². The number of thiophene rings is 1. The third-order valence-corrected chi connectivity index (χ3v) is 5.74. The summed E-state index contributed by atoms with van der Waals surface area (Å²) in [4.78, 5) is 26.0. The lowest BCUT2D eigenvalue weighted by Crippen LogP contribution is -2.34. The average molecular weight is 390 g/mol. The van der Waals surface area contributed by atoms with Gasteiger partial charge >= 0.3 is 5.97 Å². The van der Waals surface area contributed by atoms with Crippen molar-refractivity contribution >= 4 is 56.5 Å². The molecule has 130 valence electrons. The molecule has 0 aliphatic rings. The van der Waals surface area contributed by atoms with Crippen LogP contribution in [0.3, 0.4) is 0 Å². The van der Waals surface area contributed by atoms with Crippen LogP contribution in [0.4, 0.5) is 0 Å². The lowest BCUT2D eigenvalue weighted by molar-refractivity contribution is -0.134. The molecule has 2 rings (SSSR count). The second kappa shape index (κ2) is 8.05. The fourth-order valence-corrected chi connectivity index (χ4v) is 4.01. The summed E-state index contributed by atoms with van der Waals surface area (Å²) in [5, 5.41) is 1.30. The number of carbonyl (C=O) groups excluding carboxylic acids is 2. The molecule has 0 spiro atoms. The van der Waals surface area contributed by atoms with Crippen molar-refractivity contribution in [2.75, 3.05) is 26.8 Å². The fraction of sp³-hybridized carbons (Fsp3) is 0.375. The lowest BCUT2D eigenvalue weighted by Gasteiger charge is -2.18. The molecule has 1 heterocycles. The monoisotopic (exact) mass is 389 g/mol. The molecule has 0 fully saturated rings. The van der Waals surface area contributed by atoms with Crippen LogP contribution in [0.2, 0.25) is 10.0 Å². The van der Waals surface area contributed by atoms with E-state index in [2.05, 4.69) is 0 Å². The Bertz CT molecular complexity index is 771. The Morgan fingerprint density at radius 2 is 1.83 bits per heavy atom. The van der Waals surface area contributed by atoms with Crippen LogP contribution < -0.4 is 4.74 Å². The predicted octanol–water partition coefficient (Wildman–Crippen LogP) is 4.24. The van der Waals surface area contributed by atoms with Crippen molar-refractivity contribution < 1.29 is 19.1 Å². The molecular formula is C16H17Cl2NO4S. The number of esters is 1. The summed E-state index contributed by atoms with van der Waals surface area (Å²) in [6.07, 6.45) is 0. The van der Waals surface area contributed by atoms with E-state index < -0.39 is 5.97 Å². The molecule has 8 heteroatoms. The van der Waals surface area contributed by atoms with Gasteiger partial charge in [-0.3, -0.25) is 4.79 Å². The number of likely N-dealkylation sites (N-methyl/N-ethyl adjacent to an activating group) is 1. The van der Waals surface area contributed by atoms with E-state index in [9.17, 15) is 9.59 Å². The molecule has 0 radical (unpaired) electrons. The summed E-state index contributed by atoms with van der Waals surface area (Å²) in [7, 11) is 1.51. The molecule has 5 nitrogen and oxygen atoms in total. The van der Waals surface area contributed by atoms with Crippen LogP contribution in [0.5, 0.6) is 5.75 Å². The summed E-state index contributed by atoms with van der Waals surface area (Å²) < 4.78 is 10.9. The molecule has 0 saturated carbocycles. The SMILES string of the molecule is CCN(CC)C(=O)COC(=O)c1sc2c(Cl)c(OC)ccc2c1Cl. The molecule has 0 saturated heterocycles. The first-order chi connectivity index (χ1) is 11.4. The molecule has 24 heavy (non-hydrogen) atoms. The highest BCUT2D eigenvalue weighted by Crippen LogP contribution is 2.43. The zero-order valence-electron chi connectivity index (χ0n) is 13.5. The van der Waals surface area contributed by atoms with Gasteiger partial charge in [0.05, 0.1) is 16.8 Å². The molecule has 0 unspecified atom stereocenters. The normalized spacial score (nSPS) is 10.7. The second-order valence-electron chi connectivity index (χ2n) is 4.85. The van der Waals surface area contributed by atoms with E-state index in [4.69, 9.17) is 32.7 Å². The van der Waals surface area contributed by atoms with Crippen LogP contribution in [0.25, 0.3) is 10.1 Å². The quantitative estimate of drug-likeness (QED) is 0.693. The smallest absolute Gasteiger partial charge is 0.350 e. The van der Waals surface area contributed by atoms with Crippen LogP contribution in [-0.4, -0.2) is 43.6 Å². The molecule has 2 aromatic rings. The summed E-state index contributed by atoms with van der Waals surface area (Å²) in [5.41, 5.74) is 0. The number of carbonyl (C=O) groups is 2. The van der Waals surface area contributed by atoms with Crippen LogP contribution >= 0.6 is 34.5 Å². The molecule has 1 aromatic heterocycles. The van der Waals surface area contributed by atoms with Crippen molar-refractivity contribution in [3.8, 4) is 5.75 Å². The van der Waals surface area contributed by atoms with Gasteiger partial charge in [-0.1, -0.05) is 23.2 Å². The maximum Gasteiger partial charge on any atom is 0.350 e. The van der Waals surface area contributed by atoms with E-state index in [1.807, 2.05) is 13.8 Å². The minimum Gasteiger partial charge on any atom is -0.495 e. The second-order valence-corrected chi connectivity index (χ2v) is 6.62. The zero-order valence-corrected chi connectivity index (χ0v) is 15.8. The van der Waals surface area contributed by atoms with E-state index in [1.54, 1.807) is 17.0 Å². The van der Waals surface area contributed by atoms with Crippen molar-refractivity contribution in [1.29, 1.82) is 0 Å². The van der Waals surface area contributed by atoms with Gasteiger partial charge in [-0.05, 0) is 26.0 Å². The van der Waals surface area contributed by atoms with Gasteiger partial charge in [0.25, 0.3) is 5.91 Å².